The third-order valence-corrected chi connectivity index (χ3v) is 5.45. The molecular weight excluding hydrogens is 424 g/mol. The van der Waals surface area contributed by atoms with Crippen LogP contribution in [-0.4, -0.2) is 44.0 Å². The van der Waals surface area contributed by atoms with Crippen molar-refractivity contribution in [2.45, 2.75) is 19.0 Å². The van der Waals surface area contributed by atoms with Crippen LogP contribution in [0.15, 0.2) is 72.8 Å². The van der Waals surface area contributed by atoms with Gasteiger partial charge in [0, 0.05) is 13.0 Å². The molecule has 0 aliphatic rings. The molecule has 0 aliphatic carbocycles. The van der Waals surface area contributed by atoms with E-state index in [0.717, 1.165) is 17.7 Å². The smallest absolute Gasteiger partial charge is 0.328 e. The van der Waals surface area contributed by atoms with Gasteiger partial charge in [-0.25, -0.2) is 4.79 Å². The number of carbonyl (C=O) groups excluding carboxylic acids is 2. The lowest BCUT2D eigenvalue weighted by molar-refractivity contribution is -0.142. The summed E-state index contributed by atoms with van der Waals surface area (Å²) in [7, 11) is 5.40. The van der Waals surface area contributed by atoms with Crippen LogP contribution in [-0.2, 0) is 22.5 Å². The summed E-state index contributed by atoms with van der Waals surface area (Å²) < 4.78 is 4.91. The lowest BCUT2D eigenvalue weighted by atomic mass is 9.97. The predicted octanol–water partition coefficient (Wildman–Crippen LogP) is 4.58. The summed E-state index contributed by atoms with van der Waals surface area (Å²) in [6.45, 7) is 0.844. The van der Waals surface area contributed by atoms with E-state index < -0.39 is 17.9 Å². The second-order valence-electron chi connectivity index (χ2n) is 7.83. The van der Waals surface area contributed by atoms with Gasteiger partial charge >= 0.3 is 5.97 Å². The fraction of sp³-hybridized carbons (Fsp3) is 0.231. The van der Waals surface area contributed by atoms with Gasteiger partial charge in [-0.05, 0) is 48.5 Å². The van der Waals surface area contributed by atoms with Crippen molar-refractivity contribution in [2.75, 3.05) is 21.2 Å². The third kappa shape index (κ3) is 5.96. The quantitative estimate of drug-likeness (QED) is 0.510. The molecule has 1 amide bonds. The Kier molecular flexibility index (Phi) is 8.03. The molecule has 0 aromatic heterocycles. The SMILES string of the molecule is COC(=O)[C@H](Cc1ccc(-c2ccccc2CN(C)C)cc1)NC(=O)c1ccccc1Cl. The number of rotatable bonds is 8. The number of hydrogen-bond acceptors (Lipinski definition) is 4. The summed E-state index contributed by atoms with van der Waals surface area (Å²) in [5.41, 5.74) is 4.74. The van der Waals surface area contributed by atoms with Gasteiger partial charge in [0.25, 0.3) is 5.91 Å². The molecular formula is C26H27ClN2O3. The minimum Gasteiger partial charge on any atom is -0.467 e. The van der Waals surface area contributed by atoms with Gasteiger partial charge in [0.1, 0.15) is 6.04 Å². The number of nitrogens with zero attached hydrogens (tertiary/aromatic N) is 1. The molecule has 0 radical (unpaired) electrons. The van der Waals surface area contributed by atoms with E-state index in [-0.39, 0.29) is 0 Å². The van der Waals surface area contributed by atoms with E-state index in [4.69, 9.17) is 16.3 Å². The van der Waals surface area contributed by atoms with Gasteiger partial charge in [0.2, 0.25) is 0 Å². The molecule has 0 bridgehead atoms. The van der Waals surface area contributed by atoms with E-state index in [2.05, 4.69) is 22.3 Å². The lowest BCUT2D eigenvalue weighted by Gasteiger charge is -2.18. The molecule has 0 unspecified atom stereocenters. The first-order valence-electron chi connectivity index (χ1n) is 10.3. The van der Waals surface area contributed by atoms with Crippen LogP contribution in [0.3, 0.4) is 0 Å². The fourth-order valence-corrected chi connectivity index (χ4v) is 3.78. The Morgan fingerprint density at radius 2 is 1.62 bits per heavy atom. The minimum absolute atomic E-state index is 0.308. The van der Waals surface area contributed by atoms with Crippen LogP contribution in [0.2, 0.25) is 5.02 Å². The minimum atomic E-state index is -0.823. The summed E-state index contributed by atoms with van der Waals surface area (Å²) >= 11 is 6.12. The number of nitrogens with one attached hydrogen (secondary N) is 1. The van der Waals surface area contributed by atoms with Gasteiger partial charge < -0.3 is 15.0 Å². The molecule has 3 rings (SSSR count). The first kappa shape index (κ1) is 23.5. The normalized spacial score (nSPS) is 11.8. The van der Waals surface area contributed by atoms with Crippen molar-refractivity contribution in [2.24, 2.45) is 0 Å². The molecule has 0 aliphatic heterocycles. The highest BCUT2D eigenvalue weighted by Gasteiger charge is 2.23. The first-order valence-corrected chi connectivity index (χ1v) is 10.7. The standard InChI is InChI=1S/C26H27ClN2O3/c1-29(2)17-20-8-4-5-9-21(20)19-14-12-18(13-15-19)16-24(26(31)32-3)28-25(30)22-10-6-7-11-23(22)27/h4-15,24H,16-17H2,1-3H3,(H,28,30)/t24-/m0/s1. The number of ether oxygens (including phenoxy) is 1. The van der Waals surface area contributed by atoms with E-state index >= 15 is 0 Å². The van der Waals surface area contributed by atoms with Gasteiger partial charge in [0.05, 0.1) is 17.7 Å². The Hall–Kier alpha value is -3.15. The molecule has 0 saturated carbocycles. The lowest BCUT2D eigenvalue weighted by Crippen LogP contribution is -2.43. The van der Waals surface area contributed by atoms with Gasteiger partial charge in [-0.1, -0.05) is 72.3 Å². The molecule has 0 saturated heterocycles. The molecule has 3 aromatic carbocycles. The van der Waals surface area contributed by atoms with Crippen LogP contribution in [0.25, 0.3) is 11.1 Å². The summed E-state index contributed by atoms with van der Waals surface area (Å²) in [6, 6.07) is 22.2. The monoisotopic (exact) mass is 450 g/mol. The maximum atomic E-state index is 12.6. The predicted molar refractivity (Wildman–Crippen MR) is 128 cm³/mol. The molecule has 0 fully saturated rings. The molecule has 0 spiro atoms. The number of benzene rings is 3. The zero-order valence-electron chi connectivity index (χ0n) is 18.5. The number of hydrogen-bond donors (Lipinski definition) is 1. The van der Waals surface area contributed by atoms with Crippen molar-refractivity contribution < 1.29 is 14.3 Å². The largest absolute Gasteiger partial charge is 0.467 e. The Morgan fingerprint density at radius 3 is 2.28 bits per heavy atom. The summed E-state index contributed by atoms with van der Waals surface area (Å²) in [5.74, 6) is -0.925. The van der Waals surface area contributed by atoms with Crippen LogP contribution in [0, 0.1) is 0 Å². The number of amides is 1. The van der Waals surface area contributed by atoms with Gasteiger partial charge in [-0.15, -0.1) is 0 Å². The number of esters is 1. The first-order chi connectivity index (χ1) is 15.4. The second kappa shape index (κ2) is 10.9. The van der Waals surface area contributed by atoms with Crippen molar-refractivity contribution in [3.63, 3.8) is 0 Å². The average molecular weight is 451 g/mol. The highest BCUT2D eigenvalue weighted by atomic mass is 35.5. The molecule has 0 heterocycles. The van der Waals surface area contributed by atoms with Crippen LogP contribution >= 0.6 is 11.6 Å². The van der Waals surface area contributed by atoms with E-state index in [0.29, 0.717) is 17.0 Å². The molecule has 5 nitrogen and oxygen atoms in total. The van der Waals surface area contributed by atoms with Gasteiger partial charge in [0.15, 0.2) is 0 Å². The van der Waals surface area contributed by atoms with Crippen LogP contribution in [0.4, 0.5) is 0 Å². The van der Waals surface area contributed by atoms with Crippen LogP contribution in [0.5, 0.6) is 0 Å². The topological polar surface area (TPSA) is 58.6 Å². The Bertz CT molecular complexity index is 1080. The van der Waals surface area contributed by atoms with Crippen molar-refractivity contribution in [3.05, 3.63) is 94.5 Å². The fourth-order valence-electron chi connectivity index (χ4n) is 3.55. The van der Waals surface area contributed by atoms with E-state index in [1.165, 1.54) is 18.2 Å². The van der Waals surface area contributed by atoms with Crippen LogP contribution < -0.4 is 5.32 Å². The molecule has 3 aromatic rings. The number of carbonyl (C=O) groups is 2. The zero-order chi connectivity index (χ0) is 23.1. The van der Waals surface area contributed by atoms with Crippen molar-refractivity contribution in [1.82, 2.24) is 10.2 Å². The summed E-state index contributed by atoms with van der Waals surface area (Å²) in [5, 5.41) is 3.07. The summed E-state index contributed by atoms with van der Waals surface area (Å²) in [6.07, 6.45) is 0.308. The van der Waals surface area contributed by atoms with E-state index in [9.17, 15) is 9.59 Å². The Balaban J connectivity index is 1.78. The maximum Gasteiger partial charge on any atom is 0.328 e. The van der Waals surface area contributed by atoms with Gasteiger partial charge in [-0.2, -0.15) is 0 Å². The highest BCUT2D eigenvalue weighted by molar-refractivity contribution is 6.33. The molecule has 1 N–H and O–H groups in total. The van der Waals surface area contributed by atoms with E-state index in [1.807, 2.05) is 50.5 Å². The molecule has 166 valence electrons. The van der Waals surface area contributed by atoms with Crippen LogP contribution in [0.1, 0.15) is 21.5 Å². The van der Waals surface area contributed by atoms with Crippen molar-refractivity contribution in [1.29, 1.82) is 0 Å². The van der Waals surface area contributed by atoms with Crippen molar-refractivity contribution in [3.8, 4) is 11.1 Å². The number of methoxy groups -OCH3 is 1. The molecule has 1 atom stereocenters. The van der Waals surface area contributed by atoms with Crippen molar-refractivity contribution >= 4 is 23.5 Å². The van der Waals surface area contributed by atoms with Gasteiger partial charge in [-0.3, -0.25) is 4.79 Å². The molecule has 6 heteroatoms. The Labute approximate surface area is 194 Å². The zero-order valence-corrected chi connectivity index (χ0v) is 19.2. The summed E-state index contributed by atoms with van der Waals surface area (Å²) in [4.78, 5) is 27.1. The Morgan fingerprint density at radius 1 is 0.969 bits per heavy atom. The van der Waals surface area contributed by atoms with E-state index in [1.54, 1.807) is 24.3 Å². The maximum absolute atomic E-state index is 12.6. The number of halogens is 1. The third-order valence-electron chi connectivity index (χ3n) is 5.12. The highest BCUT2D eigenvalue weighted by Crippen LogP contribution is 2.25. The average Bonchev–Trinajstić information content (AvgIpc) is 2.79. The second-order valence-corrected chi connectivity index (χ2v) is 8.23. The molecule has 32 heavy (non-hydrogen) atoms.